The molecule has 0 unspecified atom stereocenters. The van der Waals surface area contributed by atoms with Gasteiger partial charge in [0.25, 0.3) is 11.8 Å². The molecule has 50 heavy (non-hydrogen) atoms. The number of aliphatic hydroxyl groups excluding tert-OH is 1. The maximum atomic E-state index is 14.2. The number of aliphatic hydroxyl groups is 2. The number of carbonyl (C=O) groups excluding carboxylic acids is 3. The number of aromatic nitrogens is 2. The van der Waals surface area contributed by atoms with E-state index < -0.39 is 47.1 Å². The maximum absolute atomic E-state index is 14.2. The van der Waals surface area contributed by atoms with Crippen LogP contribution in [0.25, 0.3) is 11.3 Å². The van der Waals surface area contributed by atoms with Crippen molar-refractivity contribution in [3.63, 3.8) is 0 Å². The number of ether oxygens (including phenoxy) is 1. The van der Waals surface area contributed by atoms with Gasteiger partial charge in [0.2, 0.25) is 0 Å². The fourth-order valence-electron chi connectivity index (χ4n) is 6.14. The molecule has 0 saturated carbocycles. The highest BCUT2D eigenvalue weighted by molar-refractivity contribution is 5.87. The van der Waals surface area contributed by atoms with Crippen molar-refractivity contribution < 1.29 is 29.3 Å². The molecule has 12 nitrogen and oxygen atoms in total. The lowest BCUT2D eigenvalue weighted by atomic mass is 9.86. The minimum Gasteiger partial charge on any atom is -0.453 e. The van der Waals surface area contributed by atoms with Crippen molar-refractivity contribution in [2.45, 2.75) is 63.9 Å². The third kappa shape index (κ3) is 8.89. The molecular formula is C38H44N6O6. The van der Waals surface area contributed by atoms with Crippen LogP contribution < -0.4 is 16.1 Å². The number of amides is 3. The minimum atomic E-state index is -2.08. The van der Waals surface area contributed by atoms with Crippen LogP contribution >= 0.6 is 0 Å². The molecule has 3 amide bonds. The fraction of sp³-hybridized carbons (Fsp3) is 0.342. The average Bonchev–Trinajstić information content (AvgIpc) is 3.41. The van der Waals surface area contributed by atoms with Crippen molar-refractivity contribution in [2.24, 2.45) is 5.41 Å². The third-order valence-electron chi connectivity index (χ3n) is 8.74. The molecule has 5 rings (SSSR count). The summed E-state index contributed by atoms with van der Waals surface area (Å²) in [7, 11) is 1.21. The highest BCUT2D eigenvalue weighted by atomic mass is 16.5. The highest BCUT2D eigenvalue weighted by Gasteiger charge is 2.43. The molecular weight excluding hydrogens is 636 g/mol. The van der Waals surface area contributed by atoms with E-state index in [0.29, 0.717) is 17.7 Å². The molecule has 0 bridgehead atoms. The molecule has 0 saturated heterocycles. The van der Waals surface area contributed by atoms with E-state index in [1.54, 1.807) is 39.4 Å². The summed E-state index contributed by atoms with van der Waals surface area (Å²) in [5, 5.41) is 30.3. The van der Waals surface area contributed by atoms with Gasteiger partial charge in [0.15, 0.2) is 5.60 Å². The summed E-state index contributed by atoms with van der Waals surface area (Å²) in [6.45, 7) is 5.14. The Morgan fingerprint density at radius 1 is 0.960 bits per heavy atom. The Bertz CT molecular complexity index is 1770. The Labute approximate surface area is 291 Å². The molecule has 3 aromatic carbocycles. The number of methoxy groups -OCH3 is 1. The number of carbonyl (C=O) groups is 3. The molecule has 4 atom stereocenters. The van der Waals surface area contributed by atoms with Crippen LogP contribution in [-0.4, -0.2) is 74.5 Å². The van der Waals surface area contributed by atoms with E-state index in [-0.39, 0.29) is 19.5 Å². The molecule has 5 N–H and O–H groups in total. The Morgan fingerprint density at radius 2 is 1.66 bits per heavy atom. The van der Waals surface area contributed by atoms with Crippen molar-refractivity contribution in [3.8, 4) is 11.3 Å². The van der Waals surface area contributed by atoms with E-state index >= 15 is 0 Å². The number of hydrogen-bond donors (Lipinski definition) is 5. The van der Waals surface area contributed by atoms with Crippen molar-refractivity contribution in [2.75, 3.05) is 13.7 Å². The fourth-order valence-corrected chi connectivity index (χ4v) is 6.14. The van der Waals surface area contributed by atoms with Crippen LogP contribution in [0.1, 0.15) is 49.1 Å². The quantitative estimate of drug-likeness (QED) is 0.141. The number of alkyl carbamates (subject to hydrolysis) is 1. The standard InChI is InChI=1S/C38H44N6O6/c1-37(2,3)33(42-36(48)50-4)34(46)43-44(23-26-14-16-27(17-15-26)30-22-39-18-19-40-30)24-38(49,21-25-10-6-5-7-11-25)35(47)41-32-29-13-9-8-12-28(29)20-31(32)45/h5-19,22,31-33,45,49H,20-21,23-24H2,1-4H3,(H,41,47)(H,42,48)(H,43,46)/t31-,32+,33-,38-/m1/s1. The molecule has 0 aliphatic heterocycles. The van der Waals surface area contributed by atoms with Crippen LogP contribution in [0, 0.1) is 5.41 Å². The van der Waals surface area contributed by atoms with Crippen LogP contribution in [0.5, 0.6) is 0 Å². The van der Waals surface area contributed by atoms with Gasteiger partial charge in [-0.2, -0.15) is 0 Å². The lowest BCUT2D eigenvalue weighted by Gasteiger charge is -2.37. The molecule has 1 heterocycles. The van der Waals surface area contributed by atoms with Crippen LogP contribution in [-0.2, 0) is 33.7 Å². The molecule has 0 spiro atoms. The van der Waals surface area contributed by atoms with Gasteiger partial charge in [-0.3, -0.25) is 25.0 Å². The summed E-state index contributed by atoms with van der Waals surface area (Å²) >= 11 is 0. The van der Waals surface area contributed by atoms with Crippen molar-refractivity contribution in [3.05, 3.63) is 120 Å². The Balaban J connectivity index is 1.48. The number of rotatable bonds is 12. The topological polar surface area (TPSA) is 166 Å². The predicted octanol–water partition coefficient (Wildman–Crippen LogP) is 3.50. The van der Waals surface area contributed by atoms with Gasteiger partial charge < -0.3 is 25.6 Å². The van der Waals surface area contributed by atoms with Gasteiger partial charge in [0.05, 0.1) is 37.7 Å². The second-order valence-electron chi connectivity index (χ2n) is 13.7. The monoisotopic (exact) mass is 680 g/mol. The molecule has 0 radical (unpaired) electrons. The van der Waals surface area contributed by atoms with Crippen molar-refractivity contribution >= 4 is 17.9 Å². The van der Waals surface area contributed by atoms with Gasteiger partial charge in [-0.25, -0.2) is 9.80 Å². The Kier molecular flexibility index (Phi) is 11.3. The number of hydrogen-bond acceptors (Lipinski definition) is 9. The van der Waals surface area contributed by atoms with Crippen molar-refractivity contribution in [1.29, 1.82) is 0 Å². The molecule has 1 aliphatic carbocycles. The first kappa shape index (κ1) is 36.1. The van der Waals surface area contributed by atoms with Gasteiger partial charge in [0.1, 0.15) is 6.04 Å². The molecule has 1 aromatic heterocycles. The summed E-state index contributed by atoms with van der Waals surface area (Å²) in [6.07, 6.45) is 3.48. The highest BCUT2D eigenvalue weighted by Crippen LogP contribution is 2.32. The largest absolute Gasteiger partial charge is 0.453 e. The van der Waals surface area contributed by atoms with E-state index in [1.165, 1.54) is 12.1 Å². The molecule has 262 valence electrons. The zero-order valence-electron chi connectivity index (χ0n) is 28.7. The Hall–Kier alpha value is -5.17. The summed E-state index contributed by atoms with van der Waals surface area (Å²) < 4.78 is 4.78. The van der Waals surface area contributed by atoms with Gasteiger partial charge in [-0.05, 0) is 27.7 Å². The second-order valence-corrected chi connectivity index (χ2v) is 13.7. The zero-order chi connectivity index (χ0) is 35.9. The van der Waals surface area contributed by atoms with Crippen LogP contribution in [0.3, 0.4) is 0 Å². The minimum absolute atomic E-state index is 0.0842. The number of nitrogens with one attached hydrogen (secondary N) is 3. The summed E-state index contributed by atoms with van der Waals surface area (Å²) in [5.41, 5.74) is 4.74. The second kappa shape index (κ2) is 15.6. The SMILES string of the molecule is COC(=O)N[C@H](C(=O)NN(Cc1ccc(-c2cnccn2)cc1)C[C@](O)(Cc1ccccc1)C(=O)N[C@H]1c2ccccc2C[C@H]1O)C(C)(C)C. The normalized spacial score (nSPS) is 17.3. The number of benzene rings is 3. The first-order chi connectivity index (χ1) is 23.9. The lowest BCUT2D eigenvalue weighted by Crippen LogP contribution is -2.62. The lowest BCUT2D eigenvalue weighted by molar-refractivity contribution is -0.147. The van der Waals surface area contributed by atoms with E-state index in [4.69, 9.17) is 4.74 Å². The van der Waals surface area contributed by atoms with Gasteiger partial charge in [0, 0.05) is 37.3 Å². The van der Waals surface area contributed by atoms with Crippen LogP contribution in [0.15, 0.2) is 97.5 Å². The van der Waals surface area contributed by atoms with Gasteiger partial charge in [-0.1, -0.05) is 99.6 Å². The van der Waals surface area contributed by atoms with Crippen LogP contribution in [0.2, 0.25) is 0 Å². The number of fused-ring (bicyclic) bond motifs is 1. The van der Waals surface area contributed by atoms with Gasteiger partial charge >= 0.3 is 6.09 Å². The average molecular weight is 681 g/mol. The molecule has 4 aromatic rings. The van der Waals surface area contributed by atoms with E-state index in [2.05, 4.69) is 26.0 Å². The first-order valence-corrected chi connectivity index (χ1v) is 16.4. The number of hydrazine groups is 1. The zero-order valence-corrected chi connectivity index (χ0v) is 28.7. The molecule has 12 heteroatoms. The van der Waals surface area contributed by atoms with Crippen LogP contribution in [0.4, 0.5) is 4.79 Å². The molecule has 0 fully saturated rings. The third-order valence-corrected chi connectivity index (χ3v) is 8.74. The Morgan fingerprint density at radius 3 is 2.32 bits per heavy atom. The van der Waals surface area contributed by atoms with E-state index in [9.17, 15) is 24.6 Å². The van der Waals surface area contributed by atoms with E-state index in [0.717, 1.165) is 22.3 Å². The molecule has 1 aliphatic rings. The van der Waals surface area contributed by atoms with E-state index in [1.807, 2.05) is 78.9 Å². The summed E-state index contributed by atoms with van der Waals surface area (Å²) in [5.74, 6) is -1.28. The smallest absolute Gasteiger partial charge is 0.407 e. The summed E-state index contributed by atoms with van der Waals surface area (Å²) in [4.78, 5) is 48.9. The maximum Gasteiger partial charge on any atom is 0.407 e. The predicted molar refractivity (Wildman–Crippen MR) is 187 cm³/mol. The summed E-state index contributed by atoms with van der Waals surface area (Å²) in [6, 6.07) is 22.3. The van der Waals surface area contributed by atoms with Gasteiger partial charge in [-0.15, -0.1) is 0 Å². The first-order valence-electron chi connectivity index (χ1n) is 16.4. The van der Waals surface area contributed by atoms with Crippen molar-refractivity contribution in [1.82, 2.24) is 31.0 Å². The number of nitrogens with zero attached hydrogens (tertiary/aromatic N) is 3.